The van der Waals surface area contributed by atoms with Crippen molar-refractivity contribution in [3.8, 4) is 5.75 Å². The molecule has 1 amide bonds. The molecule has 1 rings (SSSR count). The zero-order valence-corrected chi connectivity index (χ0v) is 8.03. The molecule has 4 nitrogen and oxygen atoms in total. The van der Waals surface area contributed by atoms with Crippen molar-refractivity contribution in [2.24, 2.45) is 0 Å². The fraction of sp³-hybridized carbons (Fsp3) is 0.200. The smallest absolute Gasteiger partial charge is 0.221 e. The summed E-state index contributed by atoms with van der Waals surface area (Å²) in [6.45, 7) is 1.41. The summed E-state index contributed by atoms with van der Waals surface area (Å²) in [7, 11) is 1.48. The van der Waals surface area contributed by atoms with Crippen LogP contribution < -0.4 is 10.1 Å². The topological polar surface area (TPSA) is 55.4 Å². The number of benzene rings is 1. The first kappa shape index (κ1) is 10.2. The molecule has 1 aromatic rings. The minimum absolute atomic E-state index is 0.179. The number of amides is 1. The Hall–Kier alpha value is -1.84. The monoisotopic (exact) mass is 193 g/mol. The molecule has 0 atom stereocenters. The molecule has 0 aliphatic rings. The second kappa shape index (κ2) is 4.41. The SMILES string of the molecule is COc1cc(C=O)ccc1NC(C)=O. The molecule has 0 aliphatic carbocycles. The maximum atomic E-state index is 10.8. The molecule has 0 aliphatic heterocycles. The fourth-order valence-corrected chi connectivity index (χ4v) is 1.07. The van der Waals surface area contributed by atoms with Gasteiger partial charge in [0.2, 0.25) is 5.91 Å². The maximum Gasteiger partial charge on any atom is 0.221 e. The van der Waals surface area contributed by atoms with Gasteiger partial charge in [0.1, 0.15) is 12.0 Å². The van der Waals surface area contributed by atoms with Gasteiger partial charge in [-0.1, -0.05) is 0 Å². The predicted molar refractivity (Wildman–Crippen MR) is 52.7 cm³/mol. The molecule has 0 saturated heterocycles. The Labute approximate surface area is 81.9 Å². The second-order valence-corrected chi connectivity index (χ2v) is 2.76. The van der Waals surface area contributed by atoms with E-state index in [1.165, 1.54) is 14.0 Å². The Morgan fingerprint density at radius 3 is 2.71 bits per heavy atom. The number of aldehydes is 1. The first-order valence-corrected chi connectivity index (χ1v) is 4.08. The van der Waals surface area contributed by atoms with Crippen LogP contribution in [-0.4, -0.2) is 19.3 Å². The van der Waals surface area contributed by atoms with Crippen molar-refractivity contribution in [1.29, 1.82) is 0 Å². The van der Waals surface area contributed by atoms with Crippen LogP contribution in [0.3, 0.4) is 0 Å². The van der Waals surface area contributed by atoms with Gasteiger partial charge >= 0.3 is 0 Å². The van der Waals surface area contributed by atoms with E-state index < -0.39 is 0 Å². The number of nitrogens with one attached hydrogen (secondary N) is 1. The molecule has 1 N–H and O–H groups in total. The van der Waals surface area contributed by atoms with Crippen LogP contribution in [0.5, 0.6) is 5.75 Å². The third kappa shape index (κ3) is 2.32. The molecule has 0 bridgehead atoms. The van der Waals surface area contributed by atoms with E-state index in [9.17, 15) is 9.59 Å². The van der Waals surface area contributed by atoms with Gasteiger partial charge < -0.3 is 10.1 Å². The molecule has 0 heterocycles. The molecule has 0 spiro atoms. The molecule has 14 heavy (non-hydrogen) atoms. The van der Waals surface area contributed by atoms with Crippen molar-refractivity contribution in [3.63, 3.8) is 0 Å². The van der Waals surface area contributed by atoms with Crippen molar-refractivity contribution in [2.75, 3.05) is 12.4 Å². The van der Waals surface area contributed by atoms with Crippen LogP contribution in [0.15, 0.2) is 18.2 Å². The van der Waals surface area contributed by atoms with Crippen LogP contribution in [0.25, 0.3) is 0 Å². The molecule has 4 heteroatoms. The highest BCUT2D eigenvalue weighted by atomic mass is 16.5. The van der Waals surface area contributed by atoms with Crippen molar-refractivity contribution < 1.29 is 14.3 Å². The summed E-state index contributed by atoms with van der Waals surface area (Å²) in [5.74, 6) is 0.298. The van der Waals surface area contributed by atoms with Crippen LogP contribution in [0.1, 0.15) is 17.3 Å². The highest BCUT2D eigenvalue weighted by Crippen LogP contribution is 2.24. The van der Waals surface area contributed by atoms with Gasteiger partial charge in [-0.2, -0.15) is 0 Å². The number of methoxy groups -OCH3 is 1. The number of ether oxygens (including phenoxy) is 1. The van der Waals surface area contributed by atoms with E-state index in [0.29, 0.717) is 17.0 Å². The van der Waals surface area contributed by atoms with E-state index in [2.05, 4.69) is 5.32 Å². The number of carbonyl (C=O) groups excluding carboxylic acids is 2. The van der Waals surface area contributed by atoms with E-state index in [1.807, 2.05) is 0 Å². The average molecular weight is 193 g/mol. The lowest BCUT2D eigenvalue weighted by molar-refractivity contribution is -0.114. The fourth-order valence-electron chi connectivity index (χ4n) is 1.07. The van der Waals surface area contributed by atoms with Crippen molar-refractivity contribution in [1.82, 2.24) is 0 Å². The number of rotatable bonds is 3. The van der Waals surface area contributed by atoms with E-state index in [0.717, 1.165) is 6.29 Å². The number of anilines is 1. The Morgan fingerprint density at radius 1 is 1.50 bits per heavy atom. The normalized spacial score (nSPS) is 9.29. The lowest BCUT2D eigenvalue weighted by Crippen LogP contribution is -2.07. The highest BCUT2D eigenvalue weighted by molar-refractivity contribution is 5.91. The van der Waals surface area contributed by atoms with E-state index in [1.54, 1.807) is 18.2 Å². The Bertz CT molecular complexity index is 360. The van der Waals surface area contributed by atoms with Crippen LogP contribution >= 0.6 is 0 Å². The maximum absolute atomic E-state index is 10.8. The lowest BCUT2D eigenvalue weighted by atomic mass is 10.2. The molecule has 0 radical (unpaired) electrons. The van der Waals surface area contributed by atoms with Gasteiger partial charge in [0.25, 0.3) is 0 Å². The summed E-state index contributed by atoms with van der Waals surface area (Å²) in [4.78, 5) is 21.3. The van der Waals surface area contributed by atoms with Crippen LogP contribution in [-0.2, 0) is 4.79 Å². The average Bonchev–Trinajstić information content (AvgIpc) is 2.17. The van der Waals surface area contributed by atoms with Gasteiger partial charge in [0.05, 0.1) is 12.8 Å². The van der Waals surface area contributed by atoms with Crippen LogP contribution in [0.2, 0.25) is 0 Å². The number of carbonyl (C=O) groups is 2. The van der Waals surface area contributed by atoms with Gasteiger partial charge in [-0.15, -0.1) is 0 Å². The van der Waals surface area contributed by atoms with Gasteiger partial charge in [0.15, 0.2) is 0 Å². The van der Waals surface area contributed by atoms with Crippen molar-refractivity contribution in [3.05, 3.63) is 23.8 Å². The Morgan fingerprint density at radius 2 is 2.21 bits per heavy atom. The summed E-state index contributed by atoms with van der Waals surface area (Å²) in [5, 5.41) is 2.60. The molecule has 0 fully saturated rings. The Balaban J connectivity index is 3.04. The van der Waals surface area contributed by atoms with Crippen LogP contribution in [0.4, 0.5) is 5.69 Å². The summed E-state index contributed by atoms with van der Waals surface area (Å²) in [6, 6.07) is 4.81. The lowest BCUT2D eigenvalue weighted by Gasteiger charge is -2.08. The molecule has 74 valence electrons. The molecule has 0 saturated carbocycles. The van der Waals surface area contributed by atoms with Gasteiger partial charge in [-0.25, -0.2) is 0 Å². The van der Waals surface area contributed by atoms with E-state index in [-0.39, 0.29) is 5.91 Å². The summed E-state index contributed by atoms with van der Waals surface area (Å²) in [5.41, 5.74) is 1.07. The first-order valence-electron chi connectivity index (χ1n) is 4.08. The van der Waals surface area contributed by atoms with Gasteiger partial charge in [-0.3, -0.25) is 9.59 Å². The number of hydrogen-bond acceptors (Lipinski definition) is 3. The quantitative estimate of drug-likeness (QED) is 0.739. The summed E-state index contributed by atoms with van der Waals surface area (Å²) < 4.78 is 5.02. The molecular weight excluding hydrogens is 182 g/mol. The first-order chi connectivity index (χ1) is 6.67. The number of hydrogen-bond donors (Lipinski definition) is 1. The Kier molecular flexibility index (Phi) is 3.23. The minimum atomic E-state index is -0.179. The van der Waals surface area contributed by atoms with Crippen molar-refractivity contribution in [2.45, 2.75) is 6.92 Å². The van der Waals surface area contributed by atoms with E-state index >= 15 is 0 Å². The summed E-state index contributed by atoms with van der Waals surface area (Å²) >= 11 is 0. The minimum Gasteiger partial charge on any atom is -0.495 e. The van der Waals surface area contributed by atoms with E-state index in [4.69, 9.17) is 4.74 Å². The molecular formula is C10H11NO3. The van der Waals surface area contributed by atoms with Crippen molar-refractivity contribution >= 4 is 17.9 Å². The zero-order chi connectivity index (χ0) is 10.6. The van der Waals surface area contributed by atoms with Gasteiger partial charge in [-0.05, 0) is 18.2 Å². The molecule has 0 unspecified atom stereocenters. The summed E-state index contributed by atoms with van der Waals surface area (Å²) in [6.07, 6.45) is 0.722. The second-order valence-electron chi connectivity index (χ2n) is 2.76. The highest BCUT2D eigenvalue weighted by Gasteiger charge is 2.04. The predicted octanol–water partition coefficient (Wildman–Crippen LogP) is 1.47. The molecule has 0 aromatic heterocycles. The standard InChI is InChI=1S/C10H11NO3/c1-7(13)11-9-4-3-8(6-12)5-10(9)14-2/h3-6H,1-2H3,(H,11,13). The third-order valence-electron chi connectivity index (χ3n) is 1.67. The third-order valence-corrected chi connectivity index (χ3v) is 1.67. The zero-order valence-electron chi connectivity index (χ0n) is 8.03. The van der Waals surface area contributed by atoms with Gasteiger partial charge in [0, 0.05) is 12.5 Å². The largest absolute Gasteiger partial charge is 0.495 e. The molecule has 1 aromatic carbocycles. The van der Waals surface area contributed by atoms with Crippen LogP contribution in [0, 0.1) is 0 Å².